The molecule has 0 unspecified atom stereocenters. The molecule has 1 aliphatic rings. The van der Waals surface area contributed by atoms with Crippen molar-refractivity contribution in [2.75, 3.05) is 38.2 Å². The molecule has 0 radical (unpaired) electrons. The first-order chi connectivity index (χ1) is 16.0. The van der Waals surface area contributed by atoms with Crippen LogP contribution in [0.4, 0.5) is 5.69 Å². The summed E-state index contributed by atoms with van der Waals surface area (Å²) in [6.45, 7) is 9.32. The van der Waals surface area contributed by atoms with E-state index < -0.39 is 0 Å². The number of carbonyl (C=O) groups is 1. The molecule has 4 rings (SSSR count). The zero-order chi connectivity index (χ0) is 23.4. The van der Waals surface area contributed by atoms with Crippen LogP contribution >= 0.6 is 0 Å². The van der Waals surface area contributed by atoms with E-state index >= 15 is 0 Å². The first kappa shape index (κ1) is 22.7. The van der Waals surface area contributed by atoms with E-state index in [1.807, 2.05) is 18.7 Å². The Bertz CT molecular complexity index is 1090. The van der Waals surface area contributed by atoms with Crippen molar-refractivity contribution in [2.45, 2.75) is 33.8 Å². The third kappa shape index (κ3) is 5.13. The Hall–Kier alpha value is -3.48. The van der Waals surface area contributed by atoms with Gasteiger partial charge in [0.25, 0.3) is 5.91 Å². The van der Waals surface area contributed by atoms with Crippen LogP contribution in [-0.2, 0) is 6.61 Å². The van der Waals surface area contributed by atoms with Crippen molar-refractivity contribution in [2.24, 2.45) is 0 Å². The number of nitrogens with zero attached hydrogens (tertiary/aromatic N) is 3. The fourth-order valence-electron chi connectivity index (χ4n) is 4.09. The lowest BCUT2D eigenvalue weighted by atomic mass is 10.1. The first-order valence-electron chi connectivity index (χ1n) is 11.3. The van der Waals surface area contributed by atoms with Crippen molar-refractivity contribution in [3.63, 3.8) is 0 Å². The van der Waals surface area contributed by atoms with Gasteiger partial charge in [-0.15, -0.1) is 0 Å². The fourth-order valence-corrected chi connectivity index (χ4v) is 4.09. The predicted molar refractivity (Wildman–Crippen MR) is 127 cm³/mol. The van der Waals surface area contributed by atoms with Crippen LogP contribution in [0.15, 0.2) is 47.0 Å². The molecule has 1 saturated heterocycles. The van der Waals surface area contributed by atoms with Gasteiger partial charge in [-0.1, -0.05) is 22.9 Å². The summed E-state index contributed by atoms with van der Waals surface area (Å²) in [6.07, 6.45) is 0.926. The van der Waals surface area contributed by atoms with Crippen LogP contribution in [0.5, 0.6) is 11.5 Å². The Morgan fingerprint density at radius 2 is 1.79 bits per heavy atom. The summed E-state index contributed by atoms with van der Waals surface area (Å²) in [5.74, 6) is 1.86. The molecule has 0 N–H and O–H groups in total. The molecule has 7 nitrogen and oxygen atoms in total. The van der Waals surface area contributed by atoms with Crippen LogP contribution < -0.4 is 14.4 Å². The molecule has 33 heavy (non-hydrogen) atoms. The number of benzene rings is 2. The Morgan fingerprint density at radius 3 is 2.48 bits per heavy atom. The van der Waals surface area contributed by atoms with E-state index in [1.165, 1.54) is 11.3 Å². The topological polar surface area (TPSA) is 68.0 Å². The zero-order valence-corrected chi connectivity index (χ0v) is 19.8. The maximum Gasteiger partial charge on any atom is 0.254 e. The first-order valence-corrected chi connectivity index (χ1v) is 11.3. The van der Waals surface area contributed by atoms with E-state index in [4.69, 9.17) is 14.0 Å². The van der Waals surface area contributed by atoms with Gasteiger partial charge in [0.1, 0.15) is 12.4 Å². The van der Waals surface area contributed by atoms with Crippen molar-refractivity contribution in [1.29, 1.82) is 0 Å². The largest absolute Gasteiger partial charge is 0.493 e. The molecule has 2 aromatic carbocycles. The van der Waals surface area contributed by atoms with Gasteiger partial charge in [0, 0.05) is 37.4 Å². The molecule has 0 saturated carbocycles. The Balaban J connectivity index is 1.42. The number of hydrogen-bond donors (Lipinski definition) is 0. The fraction of sp³-hybridized carbons (Fsp3) is 0.385. The molecule has 7 heteroatoms. The standard InChI is InChI=1S/C26H31N3O4/c1-18-6-9-22(10-7-18)28-12-5-13-29(15-14-28)26(30)21-8-11-24(25(16-21)31-4)32-17-23-19(2)27-33-20(23)3/h6-11,16H,5,12-15,17H2,1-4H3. The third-order valence-electron chi connectivity index (χ3n) is 6.15. The summed E-state index contributed by atoms with van der Waals surface area (Å²) < 4.78 is 16.7. The van der Waals surface area contributed by atoms with Crippen molar-refractivity contribution >= 4 is 11.6 Å². The Labute approximate surface area is 194 Å². The normalized spacial score (nSPS) is 14.2. The summed E-state index contributed by atoms with van der Waals surface area (Å²) in [6, 6.07) is 13.9. The van der Waals surface area contributed by atoms with Crippen LogP contribution in [-0.4, -0.2) is 49.3 Å². The summed E-state index contributed by atoms with van der Waals surface area (Å²) in [7, 11) is 1.58. The van der Waals surface area contributed by atoms with Crippen molar-refractivity contribution < 1.29 is 18.8 Å². The minimum absolute atomic E-state index is 0.0105. The van der Waals surface area contributed by atoms with Gasteiger partial charge in [0.15, 0.2) is 11.5 Å². The van der Waals surface area contributed by atoms with Crippen molar-refractivity contribution in [3.8, 4) is 11.5 Å². The molecular weight excluding hydrogens is 418 g/mol. The number of amides is 1. The summed E-state index contributed by atoms with van der Waals surface area (Å²) in [5, 5.41) is 3.96. The van der Waals surface area contributed by atoms with Gasteiger partial charge >= 0.3 is 0 Å². The second-order valence-electron chi connectivity index (χ2n) is 8.43. The molecule has 3 aromatic rings. The number of methoxy groups -OCH3 is 1. The lowest BCUT2D eigenvalue weighted by molar-refractivity contribution is 0.0766. The average molecular weight is 450 g/mol. The lowest BCUT2D eigenvalue weighted by Gasteiger charge is -2.24. The average Bonchev–Trinajstić information content (AvgIpc) is 3.01. The molecule has 0 atom stereocenters. The lowest BCUT2D eigenvalue weighted by Crippen LogP contribution is -2.35. The molecule has 174 valence electrons. The highest BCUT2D eigenvalue weighted by Gasteiger charge is 2.22. The molecule has 0 spiro atoms. The number of anilines is 1. The molecule has 2 heterocycles. The second kappa shape index (κ2) is 9.98. The number of carbonyl (C=O) groups excluding carboxylic acids is 1. The van der Waals surface area contributed by atoms with Crippen LogP contribution in [0.25, 0.3) is 0 Å². The summed E-state index contributed by atoms with van der Waals surface area (Å²) in [5.41, 5.74) is 4.77. The molecule has 1 amide bonds. The predicted octanol–water partition coefficient (Wildman–Crippen LogP) is 4.54. The minimum Gasteiger partial charge on any atom is -0.493 e. The van der Waals surface area contributed by atoms with Gasteiger partial charge in [-0.25, -0.2) is 0 Å². The second-order valence-corrected chi connectivity index (χ2v) is 8.43. The maximum absolute atomic E-state index is 13.2. The number of aromatic nitrogens is 1. The molecule has 1 fully saturated rings. The van der Waals surface area contributed by atoms with Gasteiger partial charge < -0.3 is 23.8 Å². The zero-order valence-electron chi connectivity index (χ0n) is 19.8. The van der Waals surface area contributed by atoms with E-state index in [2.05, 4.69) is 41.2 Å². The van der Waals surface area contributed by atoms with Crippen LogP contribution in [0, 0.1) is 20.8 Å². The minimum atomic E-state index is 0.0105. The van der Waals surface area contributed by atoms with Crippen LogP contribution in [0.1, 0.15) is 39.4 Å². The van der Waals surface area contributed by atoms with Crippen LogP contribution in [0.2, 0.25) is 0 Å². The van der Waals surface area contributed by atoms with E-state index in [9.17, 15) is 4.79 Å². The van der Waals surface area contributed by atoms with E-state index in [0.717, 1.165) is 43.1 Å². The number of aryl methyl sites for hydroxylation is 3. The summed E-state index contributed by atoms with van der Waals surface area (Å²) in [4.78, 5) is 17.5. The van der Waals surface area contributed by atoms with Gasteiger partial charge in [-0.05, 0) is 57.5 Å². The Kier molecular flexibility index (Phi) is 6.87. The van der Waals surface area contributed by atoms with Gasteiger partial charge in [0.05, 0.1) is 18.4 Å². The molecule has 0 bridgehead atoms. The van der Waals surface area contributed by atoms with E-state index in [0.29, 0.717) is 30.2 Å². The molecule has 0 aliphatic carbocycles. The molecule has 1 aliphatic heterocycles. The molecular formula is C26H31N3O4. The van der Waals surface area contributed by atoms with Crippen molar-refractivity contribution in [1.82, 2.24) is 10.1 Å². The van der Waals surface area contributed by atoms with Crippen LogP contribution in [0.3, 0.4) is 0 Å². The quantitative estimate of drug-likeness (QED) is 0.550. The highest BCUT2D eigenvalue weighted by atomic mass is 16.5. The third-order valence-corrected chi connectivity index (χ3v) is 6.15. The number of rotatable bonds is 6. The number of ether oxygens (including phenoxy) is 2. The maximum atomic E-state index is 13.2. The van der Waals surface area contributed by atoms with Gasteiger partial charge in [-0.3, -0.25) is 4.79 Å². The summed E-state index contributed by atoms with van der Waals surface area (Å²) >= 11 is 0. The van der Waals surface area contributed by atoms with Gasteiger partial charge in [-0.2, -0.15) is 0 Å². The van der Waals surface area contributed by atoms with E-state index in [-0.39, 0.29) is 5.91 Å². The molecule has 1 aromatic heterocycles. The van der Waals surface area contributed by atoms with Gasteiger partial charge in [0.2, 0.25) is 0 Å². The highest BCUT2D eigenvalue weighted by molar-refractivity contribution is 5.95. The van der Waals surface area contributed by atoms with E-state index in [1.54, 1.807) is 25.3 Å². The SMILES string of the molecule is COc1cc(C(=O)N2CCCN(c3ccc(C)cc3)CC2)ccc1OCc1c(C)noc1C. The number of hydrogen-bond acceptors (Lipinski definition) is 6. The monoisotopic (exact) mass is 449 g/mol. The Morgan fingerprint density at radius 1 is 1.00 bits per heavy atom. The van der Waals surface area contributed by atoms with Crippen molar-refractivity contribution in [3.05, 3.63) is 70.6 Å². The smallest absolute Gasteiger partial charge is 0.254 e. The highest BCUT2D eigenvalue weighted by Crippen LogP contribution is 2.30.